The first-order valence-corrected chi connectivity index (χ1v) is 12.8. The maximum absolute atomic E-state index is 13.5. The Morgan fingerprint density at radius 1 is 0.861 bits per heavy atom. The summed E-state index contributed by atoms with van der Waals surface area (Å²) in [6.45, 7) is 5.10. The summed E-state index contributed by atoms with van der Waals surface area (Å²) in [5.41, 5.74) is 2.79. The molecule has 0 bridgehead atoms. The molecule has 2 aromatic heterocycles. The van der Waals surface area contributed by atoms with Gasteiger partial charge in [0, 0.05) is 37.1 Å². The normalized spacial score (nSPS) is 14.8. The second-order valence-corrected chi connectivity index (χ2v) is 10.1. The zero-order valence-electron chi connectivity index (χ0n) is 20.1. The molecule has 184 valence electrons. The molecule has 6 nitrogen and oxygen atoms in total. The van der Waals surface area contributed by atoms with Crippen LogP contribution in [-0.4, -0.2) is 57.6 Å². The van der Waals surface area contributed by atoms with Crippen molar-refractivity contribution in [2.24, 2.45) is 0 Å². The quantitative estimate of drug-likeness (QED) is 0.332. The third-order valence-corrected chi connectivity index (χ3v) is 7.63. The number of aromatic nitrogens is 3. The molecule has 0 spiro atoms. The molecule has 1 aliphatic heterocycles. The van der Waals surface area contributed by atoms with Gasteiger partial charge in [-0.15, -0.1) is 23.7 Å². The molecule has 5 aromatic rings. The van der Waals surface area contributed by atoms with Gasteiger partial charge < -0.3 is 4.90 Å². The van der Waals surface area contributed by atoms with Gasteiger partial charge in [-0.2, -0.15) is 0 Å². The molecule has 3 heterocycles. The van der Waals surface area contributed by atoms with Gasteiger partial charge in [0.25, 0.3) is 5.56 Å². The second-order valence-electron chi connectivity index (χ2n) is 9.20. The Balaban J connectivity index is 0.00000267. The number of fused-ring (bicyclic) bond motifs is 2. The summed E-state index contributed by atoms with van der Waals surface area (Å²) in [7, 11) is 2.15. The van der Waals surface area contributed by atoms with E-state index in [-0.39, 0.29) is 18.0 Å². The fourth-order valence-corrected chi connectivity index (χ4v) is 5.49. The number of benzene rings is 3. The Labute approximate surface area is 220 Å². The number of hydrogen-bond acceptors (Lipinski definition) is 6. The van der Waals surface area contributed by atoms with Gasteiger partial charge in [0.2, 0.25) is 0 Å². The molecule has 1 fully saturated rings. The summed E-state index contributed by atoms with van der Waals surface area (Å²) < 4.78 is 1.82. The summed E-state index contributed by atoms with van der Waals surface area (Å²) in [4.78, 5) is 28.1. The van der Waals surface area contributed by atoms with E-state index < -0.39 is 0 Å². The van der Waals surface area contributed by atoms with Gasteiger partial charge in [0.05, 0.1) is 29.7 Å². The highest BCUT2D eigenvalue weighted by Gasteiger charge is 2.19. The first kappa shape index (κ1) is 24.6. The number of piperazine rings is 1. The molecule has 8 heteroatoms. The molecule has 0 aliphatic carbocycles. The summed E-state index contributed by atoms with van der Waals surface area (Å²) in [5, 5.41) is 6.06. The number of likely N-dealkylation sites (N-methyl/N-ethyl adjacent to an activating group) is 1. The lowest BCUT2D eigenvalue weighted by Gasteiger charge is -2.32. The largest absolute Gasteiger partial charge is 0.304 e. The van der Waals surface area contributed by atoms with Crippen LogP contribution in [0.4, 0.5) is 0 Å². The molecule has 0 saturated carbocycles. The first-order chi connectivity index (χ1) is 17.1. The summed E-state index contributed by atoms with van der Waals surface area (Å²) in [5.74, 6) is 0.806. The minimum absolute atomic E-state index is 0. The fourth-order valence-electron chi connectivity index (χ4n) is 4.70. The Bertz CT molecular complexity index is 1570. The number of nitrogens with zero attached hydrogens (tertiary/aromatic N) is 5. The van der Waals surface area contributed by atoms with Crippen LogP contribution in [0.3, 0.4) is 0 Å². The Kier molecular flexibility index (Phi) is 7.16. The van der Waals surface area contributed by atoms with E-state index in [2.05, 4.69) is 64.7 Å². The summed E-state index contributed by atoms with van der Waals surface area (Å²) in [6.07, 6.45) is 0. The van der Waals surface area contributed by atoms with E-state index in [4.69, 9.17) is 9.97 Å². The lowest BCUT2D eigenvalue weighted by atomic mass is 10.1. The minimum Gasteiger partial charge on any atom is -0.304 e. The molecule has 0 atom stereocenters. The van der Waals surface area contributed by atoms with Gasteiger partial charge in [-0.1, -0.05) is 48.5 Å². The molecule has 0 unspecified atom stereocenters. The van der Waals surface area contributed by atoms with Crippen molar-refractivity contribution >= 4 is 45.4 Å². The molecule has 0 radical (unpaired) electrons. The van der Waals surface area contributed by atoms with Crippen molar-refractivity contribution in [3.8, 4) is 11.3 Å². The van der Waals surface area contributed by atoms with Crippen LogP contribution in [0.15, 0.2) is 76.9 Å². The van der Waals surface area contributed by atoms with Gasteiger partial charge in [-0.05, 0) is 36.0 Å². The topological polar surface area (TPSA) is 54.3 Å². The lowest BCUT2D eigenvalue weighted by Crippen LogP contribution is -2.44. The third kappa shape index (κ3) is 4.92. The highest BCUT2D eigenvalue weighted by molar-refractivity contribution is 7.09. The van der Waals surface area contributed by atoms with Crippen molar-refractivity contribution in [2.45, 2.75) is 13.1 Å². The predicted octanol–water partition coefficient (Wildman–Crippen LogP) is 4.89. The van der Waals surface area contributed by atoms with E-state index in [1.54, 1.807) is 11.3 Å². The number of para-hydroxylation sites is 1. The number of thiazole rings is 1. The van der Waals surface area contributed by atoms with Crippen LogP contribution in [0.1, 0.15) is 10.8 Å². The fraction of sp³-hybridized carbons (Fsp3) is 0.250. The Hall–Kier alpha value is -3.10. The zero-order valence-corrected chi connectivity index (χ0v) is 21.8. The van der Waals surface area contributed by atoms with Crippen LogP contribution in [-0.2, 0) is 13.1 Å². The highest BCUT2D eigenvalue weighted by Crippen LogP contribution is 2.26. The van der Waals surface area contributed by atoms with Gasteiger partial charge in [-0.25, -0.2) is 9.97 Å². The van der Waals surface area contributed by atoms with E-state index >= 15 is 0 Å². The molecule has 36 heavy (non-hydrogen) atoms. The highest BCUT2D eigenvalue weighted by atomic mass is 35.5. The zero-order chi connectivity index (χ0) is 23.8. The van der Waals surface area contributed by atoms with Crippen LogP contribution in [0, 0.1) is 0 Å². The van der Waals surface area contributed by atoms with Crippen LogP contribution in [0.25, 0.3) is 32.9 Å². The SMILES string of the molecule is CN1CCN(Cc2nc3ccccc3c(=O)n2Cc2nc(-c3ccc4ccccc4c3)cs2)CC1.Cl. The van der Waals surface area contributed by atoms with Crippen molar-refractivity contribution in [3.05, 3.63) is 93.3 Å². The van der Waals surface area contributed by atoms with Crippen LogP contribution < -0.4 is 5.56 Å². The van der Waals surface area contributed by atoms with Crippen LogP contribution in [0.2, 0.25) is 0 Å². The molecule has 1 aliphatic rings. The molecule has 3 aromatic carbocycles. The lowest BCUT2D eigenvalue weighted by molar-refractivity contribution is 0.144. The average Bonchev–Trinajstić information content (AvgIpc) is 3.36. The maximum Gasteiger partial charge on any atom is 0.261 e. The van der Waals surface area contributed by atoms with Gasteiger partial charge in [-0.3, -0.25) is 14.3 Å². The van der Waals surface area contributed by atoms with E-state index in [9.17, 15) is 4.79 Å². The molecular formula is C28H28ClN5OS. The summed E-state index contributed by atoms with van der Waals surface area (Å²) >= 11 is 1.59. The molecule has 0 N–H and O–H groups in total. The molecule has 0 amide bonds. The Morgan fingerprint density at radius 3 is 2.44 bits per heavy atom. The van der Waals surface area contributed by atoms with E-state index in [0.717, 1.165) is 53.8 Å². The van der Waals surface area contributed by atoms with Gasteiger partial charge >= 0.3 is 0 Å². The average molecular weight is 518 g/mol. The van der Waals surface area contributed by atoms with Crippen molar-refractivity contribution in [1.82, 2.24) is 24.3 Å². The monoisotopic (exact) mass is 517 g/mol. The number of rotatable bonds is 5. The van der Waals surface area contributed by atoms with Crippen LogP contribution >= 0.6 is 23.7 Å². The standard InChI is InChI=1S/C28H27N5OS.ClH/c1-31-12-14-32(15-13-31)17-26-29-24-9-5-4-8-23(24)28(34)33(26)18-27-30-25(19-35-27)22-11-10-20-6-2-3-7-21(20)16-22;/h2-11,16,19H,12-15,17-18H2,1H3;1H. The van der Waals surface area contributed by atoms with E-state index in [1.807, 2.05) is 28.8 Å². The first-order valence-electron chi connectivity index (χ1n) is 12.0. The van der Waals surface area contributed by atoms with Crippen molar-refractivity contribution in [1.29, 1.82) is 0 Å². The number of hydrogen-bond donors (Lipinski definition) is 0. The van der Waals surface area contributed by atoms with Gasteiger partial charge in [0.1, 0.15) is 10.8 Å². The smallest absolute Gasteiger partial charge is 0.261 e. The van der Waals surface area contributed by atoms with E-state index in [1.165, 1.54) is 10.8 Å². The molecule has 6 rings (SSSR count). The van der Waals surface area contributed by atoms with Crippen molar-refractivity contribution in [2.75, 3.05) is 33.2 Å². The summed E-state index contributed by atoms with van der Waals surface area (Å²) in [6, 6.07) is 22.4. The van der Waals surface area contributed by atoms with Crippen molar-refractivity contribution in [3.63, 3.8) is 0 Å². The minimum atomic E-state index is 0. The van der Waals surface area contributed by atoms with E-state index in [0.29, 0.717) is 18.5 Å². The Morgan fingerprint density at radius 2 is 1.61 bits per heavy atom. The number of halogens is 1. The maximum atomic E-state index is 13.5. The second kappa shape index (κ2) is 10.5. The van der Waals surface area contributed by atoms with Crippen molar-refractivity contribution < 1.29 is 0 Å². The predicted molar refractivity (Wildman–Crippen MR) is 150 cm³/mol. The van der Waals surface area contributed by atoms with Gasteiger partial charge in [0.15, 0.2) is 0 Å². The third-order valence-electron chi connectivity index (χ3n) is 6.79. The molecule has 1 saturated heterocycles. The molecular weight excluding hydrogens is 490 g/mol. The van der Waals surface area contributed by atoms with Crippen LogP contribution in [0.5, 0.6) is 0 Å².